The van der Waals surface area contributed by atoms with E-state index in [0.29, 0.717) is 11.0 Å². The van der Waals surface area contributed by atoms with Crippen LogP contribution in [0.5, 0.6) is 0 Å². The van der Waals surface area contributed by atoms with Crippen LogP contribution >= 0.6 is 11.6 Å². The van der Waals surface area contributed by atoms with Gasteiger partial charge in [-0.3, -0.25) is 0 Å². The van der Waals surface area contributed by atoms with E-state index < -0.39 is 0 Å². The molecule has 0 saturated carbocycles. The van der Waals surface area contributed by atoms with Gasteiger partial charge in [-0.25, -0.2) is 4.52 Å². The Bertz CT molecular complexity index is 518. The topological polar surface area (TPSA) is 42.2 Å². The van der Waals surface area contributed by atoms with Gasteiger partial charge in [0.15, 0.2) is 5.65 Å². The normalized spacial score (nSPS) is 12.0. The van der Waals surface area contributed by atoms with Gasteiger partial charge in [0.25, 0.3) is 0 Å². The predicted octanol–water partition coefficient (Wildman–Crippen LogP) is 3.37. The van der Waals surface area contributed by atoms with Crippen LogP contribution < -0.4 is 5.32 Å². The second-order valence-corrected chi connectivity index (χ2v) is 5.28. The Morgan fingerprint density at radius 3 is 2.88 bits per heavy atom. The number of anilines is 1. The van der Waals surface area contributed by atoms with Crippen LogP contribution in [0.15, 0.2) is 18.3 Å². The molecule has 0 atom stereocenters. The molecule has 0 saturated heterocycles. The van der Waals surface area contributed by atoms with Crippen LogP contribution in [0.3, 0.4) is 0 Å². The van der Waals surface area contributed by atoms with E-state index in [1.807, 2.05) is 12.1 Å². The Labute approximate surface area is 106 Å². The summed E-state index contributed by atoms with van der Waals surface area (Å²) in [5.41, 5.74) is 0.799. The largest absolute Gasteiger partial charge is 0.348 e. The van der Waals surface area contributed by atoms with Gasteiger partial charge >= 0.3 is 0 Å². The van der Waals surface area contributed by atoms with Gasteiger partial charge in [-0.1, -0.05) is 24.9 Å². The van der Waals surface area contributed by atoms with Crippen molar-refractivity contribution in [3.63, 3.8) is 0 Å². The zero-order valence-corrected chi connectivity index (χ0v) is 11.1. The van der Waals surface area contributed by atoms with Gasteiger partial charge in [0.2, 0.25) is 5.95 Å². The van der Waals surface area contributed by atoms with Gasteiger partial charge in [0.05, 0.1) is 5.02 Å². The molecule has 0 unspecified atom stereocenters. The second kappa shape index (κ2) is 4.53. The van der Waals surface area contributed by atoms with E-state index in [9.17, 15) is 0 Å². The molecule has 2 aromatic heterocycles. The summed E-state index contributed by atoms with van der Waals surface area (Å²) in [5.74, 6) is 0.644. The number of halogens is 1. The minimum Gasteiger partial charge on any atom is -0.348 e. The van der Waals surface area contributed by atoms with Crippen molar-refractivity contribution in [3.05, 3.63) is 23.4 Å². The average molecular weight is 253 g/mol. The van der Waals surface area contributed by atoms with Crippen LogP contribution in [0.25, 0.3) is 5.65 Å². The fourth-order valence-electron chi connectivity index (χ4n) is 1.90. The zero-order chi connectivity index (χ0) is 12.5. The Morgan fingerprint density at radius 2 is 2.18 bits per heavy atom. The number of nitrogens with one attached hydrogen (secondary N) is 1. The van der Waals surface area contributed by atoms with Gasteiger partial charge in [-0.15, -0.1) is 5.10 Å². The molecule has 2 aromatic rings. The van der Waals surface area contributed by atoms with Crippen LogP contribution in [0, 0.1) is 0 Å². The fourth-order valence-corrected chi connectivity index (χ4v) is 2.06. The lowest BCUT2D eigenvalue weighted by Gasteiger charge is -2.24. The maximum absolute atomic E-state index is 5.90. The van der Waals surface area contributed by atoms with Crippen molar-refractivity contribution in [2.75, 3.05) is 5.32 Å². The van der Waals surface area contributed by atoms with Gasteiger partial charge in [0.1, 0.15) is 0 Å². The summed E-state index contributed by atoms with van der Waals surface area (Å²) in [6.07, 6.45) is 3.95. The molecule has 0 amide bonds. The van der Waals surface area contributed by atoms with Gasteiger partial charge in [-0.2, -0.15) is 4.98 Å². The lowest BCUT2D eigenvalue weighted by atomic mass is 9.99. The summed E-state index contributed by atoms with van der Waals surface area (Å²) in [7, 11) is 0. The Morgan fingerprint density at radius 1 is 1.41 bits per heavy atom. The average Bonchev–Trinajstić information content (AvgIpc) is 2.57. The van der Waals surface area contributed by atoms with Crippen LogP contribution in [-0.2, 0) is 0 Å². The maximum atomic E-state index is 5.90. The molecule has 0 radical (unpaired) electrons. The van der Waals surface area contributed by atoms with Crippen molar-refractivity contribution in [2.45, 2.75) is 39.2 Å². The van der Waals surface area contributed by atoms with E-state index in [1.54, 1.807) is 10.7 Å². The Kier molecular flexibility index (Phi) is 3.24. The molecule has 0 aromatic carbocycles. The lowest BCUT2D eigenvalue weighted by molar-refractivity contribution is 0.507. The van der Waals surface area contributed by atoms with E-state index in [1.165, 1.54) is 0 Å². The third-order valence-electron chi connectivity index (χ3n) is 2.62. The molecule has 1 N–H and O–H groups in total. The summed E-state index contributed by atoms with van der Waals surface area (Å²) in [4.78, 5) is 4.40. The van der Waals surface area contributed by atoms with Crippen molar-refractivity contribution >= 4 is 23.2 Å². The summed E-state index contributed by atoms with van der Waals surface area (Å²) >= 11 is 5.90. The molecule has 0 aliphatic heterocycles. The number of pyridine rings is 1. The van der Waals surface area contributed by atoms with Crippen molar-refractivity contribution in [2.24, 2.45) is 0 Å². The number of hydrogen-bond acceptors (Lipinski definition) is 3. The number of hydrogen-bond donors (Lipinski definition) is 1. The molecule has 17 heavy (non-hydrogen) atoms. The van der Waals surface area contributed by atoms with Crippen molar-refractivity contribution in [3.8, 4) is 0 Å². The molecule has 92 valence electrons. The Hall–Kier alpha value is -1.29. The lowest BCUT2D eigenvalue weighted by Crippen LogP contribution is -2.31. The van der Waals surface area contributed by atoms with E-state index >= 15 is 0 Å². The monoisotopic (exact) mass is 252 g/mol. The molecule has 2 rings (SSSR count). The summed E-state index contributed by atoms with van der Waals surface area (Å²) in [5, 5.41) is 8.35. The van der Waals surface area contributed by atoms with Gasteiger partial charge in [-0.05, 0) is 32.4 Å². The first-order valence-electron chi connectivity index (χ1n) is 5.80. The van der Waals surface area contributed by atoms with Crippen molar-refractivity contribution in [1.29, 1.82) is 0 Å². The quantitative estimate of drug-likeness (QED) is 0.907. The fraction of sp³-hybridized carbons (Fsp3) is 0.500. The van der Waals surface area contributed by atoms with E-state index in [-0.39, 0.29) is 5.54 Å². The maximum Gasteiger partial charge on any atom is 0.243 e. The summed E-state index contributed by atoms with van der Waals surface area (Å²) < 4.78 is 1.69. The van der Waals surface area contributed by atoms with Gasteiger partial charge < -0.3 is 5.32 Å². The zero-order valence-electron chi connectivity index (χ0n) is 10.4. The first-order chi connectivity index (χ1) is 8.00. The number of nitrogens with zero attached hydrogens (tertiary/aromatic N) is 3. The third-order valence-corrected chi connectivity index (χ3v) is 2.84. The van der Waals surface area contributed by atoms with E-state index in [0.717, 1.165) is 18.5 Å². The highest BCUT2D eigenvalue weighted by Crippen LogP contribution is 2.18. The number of fused-ring (bicyclic) bond motifs is 1. The number of rotatable bonds is 4. The highest BCUT2D eigenvalue weighted by Gasteiger charge is 2.18. The minimum atomic E-state index is 0.00345. The molecule has 0 aliphatic carbocycles. The summed E-state index contributed by atoms with van der Waals surface area (Å²) in [6, 6.07) is 3.67. The molecule has 0 aliphatic rings. The highest BCUT2D eigenvalue weighted by molar-refractivity contribution is 6.30. The third kappa shape index (κ3) is 2.88. The predicted molar refractivity (Wildman–Crippen MR) is 70.6 cm³/mol. The van der Waals surface area contributed by atoms with Crippen LogP contribution in [0.1, 0.15) is 33.6 Å². The molecule has 2 heterocycles. The molecule has 0 spiro atoms. The van der Waals surface area contributed by atoms with Crippen molar-refractivity contribution < 1.29 is 0 Å². The molecule has 5 heteroatoms. The van der Waals surface area contributed by atoms with Crippen molar-refractivity contribution in [1.82, 2.24) is 14.6 Å². The highest BCUT2D eigenvalue weighted by atomic mass is 35.5. The number of aromatic nitrogens is 3. The molecule has 4 nitrogen and oxygen atoms in total. The van der Waals surface area contributed by atoms with Crippen LogP contribution in [-0.4, -0.2) is 20.1 Å². The summed E-state index contributed by atoms with van der Waals surface area (Å²) in [6.45, 7) is 6.46. The van der Waals surface area contributed by atoms with E-state index in [2.05, 4.69) is 36.2 Å². The molecule has 0 bridgehead atoms. The molecular weight excluding hydrogens is 236 g/mol. The smallest absolute Gasteiger partial charge is 0.243 e. The SMILES string of the molecule is CCCC(C)(C)Nc1nc2ccc(Cl)cn2n1. The van der Waals surface area contributed by atoms with Crippen LogP contribution in [0.4, 0.5) is 5.95 Å². The minimum absolute atomic E-state index is 0.00345. The molecular formula is C12H17ClN4. The molecule has 0 fully saturated rings. The van der Waals surface area contributed by atoms with Gasteiger partial charge in [0, 0.05) is 11.7 Å². The first-order valence-corrected chi connectivity index (χ1v) is 6.18. The second-order valence-electron chi connectivity index (χ2n) is 4.84. The van der Waals surface area contributed by atoms with Crippen LogP contribution in [0.2, 0.25) is 5.02 Å². The Balaban J connectivity index is 2.25. The van der Waals surface area contributed by atoms with E-state index in [4.69, 9.17) is 11.6 Å². The standard InChI is InChI=1S/C12H17ClN4/c1-4-7-12(2,3)15-11-14-10-6-5-9(13)8-17(10)16-11/h5-6,8H,4,7H2,1-3H3,(H,15,16). The first kappa shape index (κ1) is 12.2.